The number of hydrogen-bond donors (Lipinski definition) is 1. The smallest absolute Gasteiger partial charge is 0.273 e. The summed E-state index contributed by atoms with van der Waals surface area (Å²) in [5.74, 6) is 0.590. The van der Waals surface area contributed by atoms with Crippen molar-refractivity contribution in [1.82, 2.24) is 9.97 Å². The van der Waals surface area contributed by atoms with Crippen molar-refractivity contribution in [2.45, 2.75) is 0 Å². The van der Waals surface area contributed by atoms with Gasteiger partial charge >= 0.3 is 0 Å². The fraction of sp³-hybridized carbons (Fsp3) is 0. The molecule has 3 aromatic rings. The van der Waals surface area contributed by atoms with Gasteiger partial charge in [-0.2, -0.15) is 4.98 Å². The summed E-state index contributed by atoms with van der Waals surface area (Å²) in [6.07, 6.45) is 0. The van der Waals surface area contributed by atoms with Gasteiger partial charge in [0.1, 0.15) is 5.82 Å². The molecule has 0 atom stereocenters. The Morgan fingerprint density at radius 1 is 0.789 bits per heavy atom. The molecule has 0 saturated carbocycles. The maximum Gasteiger partial charge on any atom is 0.273 e. The van der Waals surface area contributed by atoms with Crippen molar-refractivity contribution < 1.29 is 0 Å². The molecule has 0 unspecified atom stereocenters. The lowest BCUT2D eigenvalue weighted by Crippen LogP contribution is -2.08. The topological polar surface area (TPSA) is 45.8 Å². The van der Waals surface area contributed by atoms with Crippen LogP contribution in [0.3, 0.4) is 0 Å². The van der Waals surface area contributed by atoms with Crippen molar-refractivity contribution in [2.75, 3.05) is 0 Å². The quantitative estimate of drug-likeness (QED) is 0.757. The highest BCUT2D eigenvalue weighted by Crippen LogP contribution is 2.18. The normalized spacial score (nSPS) is 10.3. The lowest BCUT2D eigenvalue weighted by Gasteiger charge is -2.05. The SMILES string of the molecule is O=c1cc(-c2ccccc2)[nH]c(-c2ccccc2)n1. The summed E-state index contributed by atoms with van der Waals surface area (Å²) in [5.41, 5.74) is 2.41. The van der Waals surface area contributed by atoms with E-state index in [1.165, 1.54) is 6.07 Å². The van der Waals surface area contributed by atoms with E-state index in [0.717, 1.165) is 16.8 Å². The van der Waals surface area contributed by atoms with Gasteiger partial charge in [0.05, 0.1) is 5.69 Å². The Labute approximate surface area is 110 Å². The molecule has 0 aliphatic rings. The molecule has 3 rings (SSSR count). The van der Waals surface area contributed by atoms with Gasteiger partial charge in [0.25, 0.3) is 5.56 Å². The Hall–Kier alpha value is -2.68. The third-order valence-corrected chi connectivity index (χ3v) is 2.87. The van der Waals surface area contributed by atoms with Gasteiger partial charge in [-0.05, 0) is 5.56 Å². The summed E-state index contributed by atoms with van der Waals surface area (Å²) in [6, 6.07) is 20.9. The molecular formula is C16H12N2O. The Bertz CT molecular complexity index is 673. The van der Waals surface area contributed by atoms with Crippen LogP contribution in [0.15, 0.2) is 71.5 Å². The highest BCUT2D eigenvalue weighted by molar-refractivity contribution is 5.63. The van der Waals surface area contributed by atoms with E-state index in [4.69, 9.17) is 0 Å². The van der Waals surface area contributed by atoms with E-state index in [1.807, 2.05) is 60.7 Å². The molecule has 2 aromatic carbocycles. The molecule has 3 nitrogen and oxygen atoms in total. The molecule has 0 radical (unpaired) electrons. The zero-order valence-corrected chi connectivity index (χ0v) is 10.2. The predicted molar refractivity (Wildman–Crippen MR) is 75.7 cm³/mol. The predicted octanol–water partition coefficient (Wildman–Crippen LogP) is 3.10. The lowest BCUT2D eigenvalue weighted by atomic mass is 10.1. The monoisotopic (exact) mass is 248 g/mol. The Balaban J connectivity index is 2.15. The van der Waals surface area contributed by atoms with Crippen LogP contribution in [-0.2, 0) is 0 Å². The average Bonchev–Trinajstić information content (AvgIpc) is 2.48. The second kappa shape index (κ2) is 4.90. The van der Waals surface area contributed by atoms with E-state index >= 15 is 0 Å². The molecule has 92 valence electrons. The third kappa shape index (κ3) is 2.45. The fourth-order valence-electron chi connectivity index (χ4n) is 1.96. The summed E-state index contributed by atoms with van der Waals surface area (Å²) in [5, 5.41) is 0. The number of nitrogens with one attached hydrogen (secondary N) is 1. The van der Waals surface area contributed by atoms with Crippen LogP contribution >= 0.6 is 0 Å². The molecule has 0 fully saturated rings. The van der Waals surface area contributed by atoms with Gasteiger partial charge < -0.3 is 4.98 Å². The van der Waals surface area contributed by atoms with Crippen molar-refractivity contribution in [3.8, 4) is 22.6 Å². The first kappa shape index (κ1) is 11.4. The second-order valence-electron chi connectivity index (χ2n) is 4.21. The maximum atomic E-state index is 11.7. The van der Waals surface area contributed by atoms with Gasteiger partial charge in [-0.3, -0.25) is 4.79 Å². The molecule has 0 amide bonds. The molecule has 0 aliphatic carbocycles. The number of nitrogens with zero attached hydrogens (tertiary/aromatic N) is 1. The minimum absolute atomic E-state index is 0.239. The van der Waals surface area contributed by atoms with Gasteiger partial charge in [-0.25, -0.2) is 0 Å². The minimum atomic E-state index is -0.239. The second-order valence-corrected chi connectivity index (χ2v) is 4.21. The Morgan fingerprint density at radius 2 is 1.37 bits per heavy atom. The van der Waals surface area contributed by atoms with E-state index in [0.29, 0.717) is 5.82 Å². The molecule has 3 heteroatoms. The van der Waals surface area contributed by atoms with Crippen LogP contribution in [0.1, 0.15) is 0 Å². The lowest BCUT2D eigenvalue weighted by molar-refractivity contribution is 1.13. The van der Waals surface area contributed by atoms with Crippen LogP contribution < -0.4 is 5.56 Å². The molecule has 1 N–H and O–H groups in total. The number of H-pyrrole nitrogens is 1. The first-order chi connectivity index (χ1) is 9.33. The third-order valence-electron chi connectivity index (χ3n) is 2.87. The number of rotatable bonds is 2. The number of hydrogen-bond acceptors (Lipinski definition) is 2. The minimum Gasteiger partial charge on any atom is -0.339 e. The highest BCUT2D eigenvalue weighted by Gasteiger charge is 2.04. The average molecular weight is 248 g/mol. The number of aromatic nitrogens is 2. The van der Waals surface area contributed by atoms with Crippen molar-refractivity contribution in [3.63, 3.8) is 0 Å². The van der Waals surface area contributed by atoms with E-state index in [-0.39, 0.29) is 5.56 Å². The zero-order chi connectivity index (χ0) is 13.1. The van der Waals surface area contributed by atoms with Crippen molar-refractivity contribution in [1.29, 1.82) is 0 Å². The summed E-state index contributed by atoms with van der Waals surface area (Å²) < 4.78 is 0. The van der Waals surface area contributed by atoms with Crippen molar-refractivity contribution in [3.05, 3.63) is 77.1 Å². The molecule has 0 spiro atoms. The molecule has 0 aliphatic heterocycles. The summed E-state index contributed by atoms with van der Waals surface area (Å²) in [4.78, 5) is 19.0. The van der Waals surface area contributed by atoms with E-state index < -0.39 is 0 Å². The van der Waals surface area contributed by atoms with Crippen molar-refractivity contribution >= 4 is 0 Å². The van der Waals surface area contributed by atoms with Crippen LogP contribution in [0, 0.1) is 0 Å². The zero-order valence-electron chi connectivity index (χ0n) is 10.2. The van der Waals surface area contributed by atoms with E-state index in [1.54, 1.807) is 0 Å². The van der Waals surface area contributed by atoms with Crippen LogP contribution in [0.25, 0.3) is 22.6 Å². The molecule has 0 bridgehead atoms. The van der Waals surface area contributed by atoms with E-state index in [9.17, 15) is 4.79 Å². The molecule has 1 heterocycles. The van der Waals surface area contributed by atoms with Crippen LogP contribution in [0.4, 0.5) is 0 Å². The fourth-order valence-corrected chi connectivity index (χ4v) is 1.96. The molecule has 0 saturated heterocycles. The molecule has 1 aromatic heterocycles. The Morgan fingerprint density at radius 3 is 2.00 bits per heavy atom. The maximum absolute atomic E-state index is 11.7. The standard InChI is InChI=1S/C16H12N2O/c19-15-11-14(12-7-3-1-4-8-12)17-16(18-15)13-9-5-2-6-10-13/h1-11H,(H,17,18,19). The highest BCUT2D eigenvalue weighted by atomic mass is 16.1. The first-order valence-electron chi connectivity index (χ1n) is 6.05. The largest absolute Gasteiger partial charge is 0.339 e. The van der Waals surface area contributed by atoms with Crippen LogP contribution in [0.5, 0.6) is 0 Å². The van der Waals surface area contributed by atoms with E-state index in [2.05, 4.69) is 9.97 Å². The summed E-state index contributed by atoms with van der Waals surface area (Å²) >= 11 is 0. The molecular weight excluding hydrogens is 236 g/mol. The summed E-state index contributed by atoms with van der Waals surface area (Å²) in [6.45, 7) is 0. The van der Waals surface area contributed by atoms with Gasteiger partial charge in [0.2, 0.25) is 0 Å². The van der Waals surface area contributed by atoms with Gasteiger partial charge in [-0.15, -0.1) is 0 Å². The summed E-state index contributed by atoms with van der Waals surface area (Å²) in [7, 11) is 0. The van der Waals surface area contributed by atoms with Gasteiger partial charge in [0.15, 0.2) is 0 Å². The first-order valence-corrected chi connectivity index (χ1v) is 6.05. The van der Waals surface area contributed by atoms with Crippen molar-refractivity contribution in [2.24, 2.45) is 0 Å². The number of aromatic amines is 1. The van der Waals surface area contributed by atoms with Crippen LogP contribution in [-0.4, -0.2) is 9.97 Å². The van der Waals surface area contributed by atoms with Crippen LogP contribution in [0.2, 0.25) is 0 Å². The Kier molecular flexibility index (Phi) is 2.94. The van der Waals surface area contributed by atoms with Gasteiger partial charge in [-0.1, -0.05) is 60.7 Å². The van der Waals surface area contributed by atoms with Gasteiger partial charge in [0, 0.05) is 11.6 Å². The molecule has 19 heavy (non-hydrogen) atoms. The number of benzene rings is 2.